The molecule has 206 valence electrons. The normalized spacial score (nSPS) is 20.9. The fraction of sp³-hybridized carbons (Fsp3) is 0.379. The van der Waals surface area contributed by atoms with Crippen LogP contribution in [0.1, 0.15) is 31.7 Å². The van der Waals surface area contributed by atoms with Crippen molar-refractivity contribution in [2.45, 2.75) is 37.8 Å². The van der Waals surface area contributed by atoms with E-state index in [1.807, 2.05) is 28.9 Å². The number of hydrogen-bond acceptors (Lipinski definition) is 9. The lowest BCUT2D eigenvalue weighted by atomic mass is 9.90. The third-order valence-electron chi connectivity index (χ3n) is 8.31. The molecule has 1 aliphatic heterocycles. The quantitative estimate of drug-likeness (QED) is 0.323. The highest BCUT2D eigenvalue weighted by molar-refractivity contribution is 5.87. The van der Waals surface area contributed by atoms with Gasteiger partial charge in [0.05, 0.1) is 23.3 Å². The summed E-state index contributed by atoms with van der Waals surface area (Å²) in [5.74, 6) is 0.231. The number of nitrogens with zero attached hydrogens (tertiary/aromatic N) is 7. The van der Waals surface area contributed by atoms with Gasteiger partial charge in [-0.05, 0) is 63.1 Å². The SMILES string of the molecule is CN1CCN(C2CCC(n3ncc4c(N)nc(-c5ccc(Nc6nc7ccccc7o6)c(F)c5)nc43)CC2)CC1. The number of anilines is 3. The lowest BCUT2D eigenvalue weighted by Gasteiger charge is -2.41. The molecule has 11 heteroatoms. The van der Waals surface area contributed by atoms with E-state index in [0.29, 0.717) is 40.0 Å². The van der Waals surface area contributed by atoms with Crippen molar-refractivity contribution >= 4 is 39.7 Å². The molecule has 4 heterocycles. The fourth-order valence-electron chi connectivity index (χ4n) is 6.00. The van der Waals surface area contributed by atoms with Crippen molar-refractivity contribution in [2.24, 2.45) is 0 Å². The van der Waals surface area contributed by atoms with Crippen molar-refractivity contribution in [1.82, 2.24) is 34.5 Å². The van der Waals surface area contributed by atoms with E-state index >= 15 is 4.39 Å². The molecule has 0 unspecified atom stereocenters. The summed E-state index contributed by atoms with van der Waals surface area (Å²) in [6.07, 6.45) is 6.11. The van der Waals surface area contributed by atoms with E-state index < -0.39 is 5.82 Å². The van der Waals surface area contributed by atoms with Crippen LogP contribution >= 0.6 is 0 Å². The minimum absolute atomic E-state index is 0.223. The van der Waals surface area contributed by atoms with E-state index in [1.165, 1.54) is 6.07 Å². The van der Waals surface area contributed by atoms with Crippen molar-refractivity contribution in [3.05, 3.63) is 54.5 Å². The summed E-state index contributed by atoms with van der Waals surface area (Å²) in [5, 5.41) is 8.31. The molecule has 0 spiro atoms. The van der Waals surface area contributed by atoms with Gasteiger partial charge in [0.25, 0.3) is 6.01 Å². The molecule has 0 atom stereocenters. The minimum Gasteiger partial charge on any atom is -0.423 e. The van der Waals surface area contributed by atoms with E-state index in [0.717, 1.165) is 57.2 Å². The molecule has 0 radical (unpaired) electrons. The molecule has 2 aliphatic rings. The second-order valence-corrected chi connectivity index (χ2v) is 10.9. The van der Waals surface area contributed by atoms with E-state index in [1.54, 1.807) is 18.3 Å². The highest BCUT2D eigenvalue weighted by atomic mass is 19.1. The van der Waals surface area contributed by atoms with E-state index in [4.69, 9.17) is 15.1 Å². The van der Waals surface area contributed by atoms with Gasteiger partial charge in [-0.25, -0.2) is 19.0 Å². The number of nitrogens with two attached hydrogens (primary N) is 1. The number of nitrogens with one attached hydrogen (secondary N) is 1. The van der Waals surface area contributed by atoms with Gasteiger partial charge in [-0.3, -0.25) is 4.90 Å². The molecule has 5 aromatic rings. The monoisotopic (exact) mass is 541 g/mol. The molecule has 1 aliphatic carbocycles. The molecular formula is C29H32FN9O. The number of aromatic nitrogens is 5. The summed E-state index contributed by atoms with van der Waals surface area (Å²) < 4.78 is 22.8. The topological polar surface area (TPSA) is 114 Å². The molecule has 3 N–H and O–H groups in total. The first-order valence-corrected chi connectivity index (χ1v) is 13.9. The maximum absolute atomic E-state index is 15.2. The van der Waals surface area contributed by atoms with Crippen LogP contribution in [0.25, 0.3) is 33.5 Å². The number of halogens is 1. The highest BCUT2D eigenvalue weighted by Crippen LogP contribution is 2.34. The zero-order valence-corrected chi connectivity index (χ0v) is 22.4. The first kappa shape index (κ1) is 24.9. The van der Waals surface area contributed by atoms with Gasteiger partial charge < -0.3 is 20.4 Å². The Kier molecular flexibility index (Phi) is 6.32. The lowest BCUT2D eigenvalue weighted by Crippen LogP contribution is -2.49. The number of rotatable bonds is 5. The predicted octanol–water partition coefficient (Wildman–Crippen LogP) is 4.83. The largest absolute Gasteiger partial charge is 0.423 e. The van der Waals surface area contributed by atoms with Crippen LogP contribution in [0.5, 0.6) is 0 Å². The average Bonchev–Trinajstić information content (AvgIpc) is 3.59. The van der Waals surface area contributed by atoms with E-state index in [-0.39, 0.29) is 17.7 Å². The van der Waals surface area contributed by atoms with Gasteiger partial charge >= 0.3 is 0 Å². The molecule has 2 fully saturated rings. The number of benzene rings is 2. The van der Waals surface area contributed by atoms with Crippen molar-refractivity contribution in [1.29, 1.82) is 0 Å². The van der Waals surface area contributed by atoms with Crippen molar-refractivity contribution < 1.29 is 8.81 Å². The van der Waals surface area contributed by atoms with Crippen LogP contribution in [0.4, 0.5) is 21.9 Å². The van der Waals surface area contributed by atoms with Gasteiger partial charge in [0.15, 0.2) is 17.1 Å². The number of nitrogen functional groups attached to an aromatic ring is 1. The maximum Gasteiger partial charge on any atom is 0.300 e. The van der Waals surface area contributed by atoms with Gasteiger partial charge in [-0.15, -0.1) is 0 Å². The average molecular weight is 542 g/mol. The van der Waals surface area contributed by atoms with Crippen LogP contribution in [0.2, 0.25) is 0 Å². The summed E-state index contributed by atoms with van der Waals surface area (Å²) in [4.78, 5) is 18.7. The number of oxazole rings is 1. The van der Waals surface area contributed by atoms with Crippen LogP contribution in [-0.4, -0.2) is 73.8 Å². The molecule has 7 rings (SSSR count). The van der Waals surface area contributed by atoms with Gasteiger partial charge in [0.1, 0.15) is 17.2 Å². The summed E-state index contributed by atoms with van der Waals surface area (Å²) >= 11 is 0. The van der Waals surface area contributed by atoms with Crippen LogP contribution in [-0.2, 0) is 0 Å². The molecule has 0 amide bonds. The van der Waals surface area contributed by atoms with Crippen LogP contribution in [0.3, 0.4) is 0 Å². The Balaban J connectivity index is 1.11. The Bertz CT molecular complexity index is 1630. The fourth-order valence-corrected chi connectivity index (χ4v) is 6.00. The standard InChI is InChI=1S/C29H32FN9O/c1-37-12-14-38(15-13-37)19-7-9-20(10-8-19)39-28-21(17-32-39)26(31)35-27(36-28)18-6-11-23(22(30)16-18)33-29-34-24-4-2-3-5-25(24)40-29/h2-6,11,16-17,19-20H,7-10,12-15H2,1H3,(H,33,34)(H2,31,35,36). The Hall–Kier alpha value is -4.09. The number of piperazine rings is 1. The van der Waals surface area contributed by atoms with Crippen molar-refractivity contribution in [2.75, 3.05) is 44.3 Å². The van der Waals surface area contributed by atoms with Crippen molar-refractivity contribution in [3.63, 3.8) is 0 Å². The molecule has 10 nitrogen and oxygen atoms in total. The molecular weight excluding hydrogens is 509 g/mol. The van der Waals surface area contributed by atoms with Crippen LogP contribution in [0.15, 0.2) is 53.1 Å². The number of hydrogen-bond donors (Lipinski definition) is 2. The zero-order valence-electron chi connectivity index (χ0n) is 22.4. The summed E-state index contributed by atoms with van der Waals surface area (Å²) in [5.41, 5.74) is 9.12. The van der Waals surface area contributed by atoms with Gasteiger partial charge in [-0.1, -0.05) is 12.1 Å². The van der Waals surface area contributed by atoms with Crippen LogP contribution in [0, 0.1) is 5.82 Å². The summed E-state index contributed by atoms with van der Waals surface area (Å²) in [6.45, 7) is 4.56. The van der Waals surface area contributed by atoms with Gasteiger partial charge in [-0.2, -0.15) is 10.1 Å². The van der Waals surface area contributed by atoms with Crippen molar-refractivity contribution in [3.8, 4) is 11.4 Å². The molecule has 1 saturated carbocycles. The molecule has 40 heavy (non-hydrogen) atoms. The van der Waals surface area contributed by atoms with Crippen LogP contribution < -0.4 is 11.1 Å². The molecule has 1 saturated heterocycles. The second kappa shape index (κ2) is 10.1. The van der Waals surface area contributed by atoms with Gasteiger partial charge in [0, 0.05) is 37.8 Å². The lowest BCUT2D eigenvalue weighted by molar-refractivity contribution is 0.0815. The van der Waals surface area contributed by atoms with Gasteiger partial charge in [0.2, 0.25) is 0 Å². The Labute approximate surface area is 231 Å². The maximum atomic E-state index is 15.2. The summed E-state index contributed by atoms with van der Waals surface area (Å²) in [7, 11) is 2.19. The highest BCUT2D eigenvalue weighted by Gasteiger charge is 2.30. The Morgan fingerprint density at radius 1 is 0.950 bits per heavy atom. The molecule has 2 aromatic carbocycles. The molecule has 3 aromatic heterocycles. The Morgan fingerprint density at radius 3 is 2.50 bits per heavy atom. The first-order chi connectivity index (χ1) is 19.5. The van der Waals surface area contributed by atoms with E-state index in [9.17, 15) is 0 Å². The van der Waals surface area contributed by atoms with E-state index in [2.05, 4.69) is 37.2 Å². The smallest absolute Gasteiger partial charge is 0.300 e. The molecule has 0 bridgehead atoms. The first-order valence-electron chi connectivity index (χ1n) is 13.9. The zero-order chi connectivity index (χ0) is 27.2. The second-order valence-electron chi connectivity index (χ2n) is 10.9. The third-order valence-corrected chi connectivity index (χ3v) is 8.31. The minimum atomic E-state index is -0.474. The summed E-state index contributed by atoms with van der Waals surface area (Å²) in [6, 6.07) is 13.3. The third kappa shape index (κ3) is 4.65. The number of likely N-dealkylation sites (N-methyl/N-ethyl adjacent to an activating group) is 1. The number of para-hydroxylation sites is 2. The Morgan fingerprint density at radius 2 is 1.73 bits per heavy atom. The predicted molar refractivity (Wildman–Crippen MR) is 153 cm³/mol. The number of fused-ring (bicyclic) bond motifs is 2.